The van der Waals surface area contributed by atoms with Gasteiger partial charge in [0, 0.05) is 31.1 Å². The highest BCUT2D eigenvalue weighted by Gasteiger charge is 2.50. The smallest absolute Gasteiger partial charge is 0.326 e. The van der Waals surface area contributed by atoms with Gasteiger partial charge in [0.15, 0.2) is 0 Å². The average molecular weight is 370 g/mol. The van der Waals surface area contributed by atoms with Crippen molar-refractivity contribution in [3.05, 3.63) is 35.4 Å². The number of carbonyl (C=O) groups is 3. The molecule has 27 heavy (non-hydrogen) atoms. The third-order valence-electron chi connectivity index (χ3n) is 6.49. The molecule has 144 valence electrons. The van der Waals surface area contributed by atoms with Crippen LogP contribution in [0, 0.1) is 18.3 Å². The van der Waals surface area contributed by atoms with E-state index < -0.39 is 12.0 Å². The van der Waals surface area contributed by atoms with Crippen molar-refractivity contribution in [2.24, 2.45) is 11.3 Å². The maximum atomic E-state index is 13.1. The van der Waals surface area contributed by atoms with Gasteiger partial charge in [-0.1, -0.05) is 18.2 Å². The number of benzene rings is 1. The second-order valence-corrected chi connectivity index (χ2v) is 8.41. The molecule has 1 spiro atoms. The molecule has 0 unspecified atom stereocenters. The number of aliphatic carboxylic acids is 1. The quantitative estimate of drug-likeness (QED) is 0.886. The van der Waals surface area contributed by atoms with E-state index in [9.17, 15) is 19.5 Å². The molecule has 1 aliphatic carbocycles. The Morgan fingerprint density at radius 3 is 2.37 bits per heavy atom. The summed E-state index contributed by atoms with van der Waals surface area (Å²) >= 11 is 0. The Labute approximate surface area is 159 Å². The van der Waals surface area contributed by atoms with Gasteiger partial charge in [0.1, 0.15) is 6.04 Å². The summed E-state index contributed by atoms with van der Waals surface area (Å²) < 4.78 is 0. The molecule has 1 aromatic rings. The Bertz CT molecular complexity index is 778. The number of carbonyl (C=O) groups excluding carboxylic acids is 2. The van der Waals surface area contributed by atoms with E-state index in [1.54, 1.807) is 11.0 Å². The summed E-state index contributed by atoms with van der Waals surface area (Å²) in [6.07, 6.45) is 4.02. The minimum Gasteiger partial charge on any atom is -0.480 e. The van der Waals surface area contributed by atoms with Crippen molar-refractivity contribution in [1.82, 2.24) is 9.80 Å². The van der Waals surface area contributed by atoms with E-state index in [1.165, 1.54) is 0 Å². The number of piperidine rings is 1. The molecule has 3 fully saturated rings. The van der Waals surface area contributed by atoms with Gasteiger partial charge in [-0.3, -0.25) is 9.59 Å². The van der Waals surface area contributed by atoms with Gasteiger partial charge in [0.05, 0.1) is 0 Å². The molecule has 0 aromatic heterocycles. The second kappa shape index (κ2) is 6.66. The van der Waals surface area contributed by atoms with Crippen LogP contribution in [0.1, 0.15) is 48.0 Å². The van der Waals surface area contributed by atoms with Crippen molar-refractivity contribution < 1.29 is 19.5 Å². The molecule has 1 atom stereocenters. The third kappa shape index (κ3) is 3.33. The summed E-state index contributed by atoms with van der Waals surface area (Å²) in [6.45, 7) is 3.68. The highest BCUT2D eigenvalue weighted by Crippen LogP contribution is 2.45. The molecule has 0 radical (unpaired) electrons. The normalized spacial score (nSPS) is 24.3. The van der Waals surface area contributed by atoms with Crippen LogP contribution < -0.4 is 0 Å². The summed E-state index contributed by atoms with van der Waals surface area (Å²) in [4.78, 5) is 40.7. The Balaban J connectivity index is 1.51. The fourth-order valence-corrected chi connectivity index (χ4v) is 4.61. The van der Waals surface area contributed by atoms with Crippen molar-refractivity contribution in [3.8, 4) is 0 Å². The largest absolute Gasteiger partial charge is 0.480 e. The number of aryl methyl sites for hydroxylation is 1. The summed E-state index contributed by atoms with van der Waals surface area (Å²) in [7, 11) is 0. The van der Waals surface area contributed by atoms with E-state index in [0.29, 0.717) is 31.6 Å². The Kier molecular flexibility index (Phi) is 4.44. The second-order valence-electron chi connectivity index (χ2n) is 8.41. The van der Waals surface area contributed by atoms with Gasteiger partial charge in [-0.15, -0.1) is 0 Å². The third-order valence-corrected chi connectivity index (χ3v) is 6.49. The van der Waals surface area contributed by atoms with Crippen molar-refractivity contribution in [2.75, 3.05) is 19.6 Å². The monoisotopic (exact) mass is 370 g/mol. The molecular formula is C21H26N2O4. The fourth-order valence-electron chi connectivity index (χ4n) is 4.61. The van der Waals surface area contributed by atoms with Crippen LogP contribution in [0.2, 0.25) is 0 Å². The molecule has 3 aliphatic rings. The first kappa shape index (κ1) is 18.0. The van der Waals surface area contributed by atoms with E-state index in [1.807, 2.05) is 30.0 Å². The predicted octanol–water partition coefficient (Wildman–Crippen LogP) is 2.31. The predicted molar refractivity (Wildman–Crippen MR) is 99.2 cm³/mol. The molecule has 6 heteroatoms. The maximum absolute atomic E-state index is 13.1. The lowest BCUT2D eigenvalue weighted by atomic mass is 9.76. The summed E-state index contributed by atoms with van der Waals surface area (Å²) in [5.74, 6) is -0.668. The zero-order valence-electron chi connectivity index (χ0n) is 15.7. The van der Waals surface area contributed by atoms with Gasteiger partial charge in [0.25, 0.3) is 5.91 Å². The molecule has 4 rings (SSSR count). The molecule has 2 amide bonds. The van der Waals surface area contributed by atoms with Crippen LogP contribution in [0.5, 0.6) is 0 Å². The molecule has 2 saturated heterocycles. The zero-order valence-corrected chi connectivity index (χ0v) is 15.7. The van der Waals surface area contributed by atoms with Crippen LogP contribution >= 0.6 is 0 Å². The first-order valence-electron chi connectivity index (χ1n) is 9.78. The lowest BCUT2D eigenvalue weighted by molar-refractivity contribution is -0.141. The number of carboxylic acid groups (broad SMARTS) is 1. The first-order chi connectivity index (χ1) is 12.9. The topological polar surface area (TPSA) is 77.9 Å². The van der Waals surface area contributed by atoms with Gasteiger partial charge in [-0.05, 0) is 56.1 Å². The number of carboxylic acids is 1. The van der Waals surface area contributed by atoms with E-state index in [2.05, 4.69) is 0 Å². The molecule has 2 aliphatic heterocycles. The highest BCUT2D eigenvalue weighted by atomic mass is 16.4. The standard InChI is InChI=1S/C21H26N2O4/c1-14-4-2-3-5-16(14)19(25)23-13-21(12-17(23)20(26)27)8-10-22(11-9-21)18(24)15-6-7-15/h2-5,15,17H,6-13H2,1H3,(H,26,27)/t17-/m1/s1. The van der Waals surface area contributed by atoms with Gasteiger partial charge >= 0.3 is 5.97 Å². The van der Waals surface area contributed by atoms with Crippen LogP contribution in [0.15, 0.2) is 24.3 Å². The van der Waals surface area contributed by atoms with Crippen LogP contribution in [0.25, 0.3) is 0 Å². The lowest BCUT2D eigenvalue weighted by Gasteiger charge is -2.39. The number of hydrogen-bond acceptors (Lipinski definition) is 3. The minimum absolute atomic E-state index is 0.193. The summed E-state index contributed by atoms with van der Waals surface area (Å²) in [5, 5.41) is 9.73. The van der Waals surface area contributed by atoms with Crippen LogP contribution in [0.4, 0.5) is 0 Å². The van der Waals surface area contributed by atoms with Gasteiger partial charge in [-0.2, -0.15) is 0 Å². The molecule has 2 heterocycles. The van der Waals surface area contributed by atoms with Gasteiger partial charge in [0.2, 0.25) is 5.91 Å². The number of hydrogen-bond donors (Lipinski definition) is 1. The van der Waals surface area contributed by atoms with E-state index >= 15 is 0 Å². The molecule has 1 saturated carbocycles. The van der Waals surface area contributed by atoms with Gasteiger partial charge < -0.3 is 14.9 Å². The van der Waals surface area contributed by atoms with E-state index in [-0.39, 0.29) is 23.1 Å². The Morgan fingerprint density at radius 1 is 1.11 bits per heavy atom. The number of amides is 2. The lowest BCUT2D eigenvalue weighted by Crippen LogP contribution is -2.45. The fraction of sp³-hybridized carbons (Fsp3) is 0.571. The van der Waals surface area contributed by atoms with Crippen molar-refractivity contribution in [1.29, 1.82) is 0 Å². The van der Waals surface area contributed by atoms with E-state index in [4.69, 9.17) is 0 Å². The average Bonchev–Trinajstić information content (AvgIpc) is 3.44. The SMILES string of the molecule is Cc1ccccc1C(=O)N1CC2(CCN(C(=O)C3CC3)CC2)C[C@@H]1C(=O)O. The maximum Gasteiger partial charge on any atom is 0.326 e. The van der Waals surface area contributed by atoms with Crippen molar-refractivity contribution >= 4 is 17.8 Å². The van der Waals surface area contributed by atoms with Gasteiger partial charge in [-0.25, -0.2) is 4.79 Å². The highest BCUT2D eigenvalue weighted by molar-refractivity contribution is 5.98. The molecule has 1 N–H and O–H groups in total. The van der Waals surface area contributed by atoms with E-state index in [0.717, 1.165) is 31.2 Å². The Morgan fingerprint density at radius 2 is 1.78 bits per heavy atom. The van der Waals surface area contributed by atoms with Crippen LogP contribution in [0.3, 0.4) is 0 Å². The van der Waals surface area contributed by atoms with Crippen molar-refractivity contribution in [3.63, 3.8) is 0 Å². The number of nitrogens with zero attached hydrogens (tertiary/aromatic N) is 2. The molecular weight excluding hydrogens is 344 g/mol. The minimum atomic E-state index is -0.940. The van der Waals surface area contributed by atoms with Crippen LogP contribution in [-0.2, 0) is 9.59 Å². The molecule has 6 nitrogen and oxygen atoms in total. The summed E-state index contributed by atoms with van der Waals surface area (Å²) in [5.41, 5.74) is 1.24. The van der Waals surface area contributed by atoms with Crippen LogP contribution in [-0.4, -0.2) is 58.4 Å². The Hall–Kier alpha value is -2.37. The zero-order chi connectivity index (χ0) is 19.2. The number of likely N-dealkylation sites (tertiary alicyclic amines) is 2. The number of rotatable bonds is 3. The molecule has 1 aromatic carbocycles. The molecule has 0 bridgehead atoms. The first-order valence-corrected chi connectivity index (χ1v) is 9.78. The summed E-state index contributed by atoms with van der Waals surface area (Å²) in [6, 6.07) is 6.53. The van der Waals surface area contributed by atoms with Crippen molar-refractivity contribution in [2.45, 2.75) is 45.1 Å².